The molecule has 0 fully saturated rings. The van der Waals surface area contributed by atoms with Gasteiger partial charge in [0, 0.05) is 56.0 Å². The minimum absolute atomic E-state index is 0. The molecule has 1 radical (unpaired) electrons. The van der Waals surface area contributed by atoms with Crippen LogP contribution in [0.2, 0.25) is 0 Å². The van der Waals surface area contributed by atoms with Crippen molar-refractivity contribution in [2.24, 2.45) is 0 Å². The molecule has 0 aliphatic heterocycles. The molecule has 0 aliphatic rings. The van der Waals surface area contributed by atoms with Crippen LogP contribution >= 0.6 is 0 Å². The van der Waals surface area contributed by atoms with Crippen LogP contribution in [0.25, 0.3) is 22.5 Å². The van der Waals surface area contributed by atoms with Gasteiger partial charge < -0.3 is 14.9 Å². The topological polar surface area (TPSA) is 63.2 Å². The molecule has 0 aliphatic carbocycles. The molecule has 2 heterocycles. The average Bonchev–Trinajstić information content (AvgIpc) is 3.27. The van der Waals surface area contributed by atoms with Gasteiger partial charge >= 0.3 is 0 Å². The number of nitrogens with zero attached hydrogens (tertiary/aromatic N) is 3. The number of benzene rings is 5. The van der Waals surface area contributed by atoms with Crippen LogP contribution in [-0.2, 0) is 36.1 Å². The van der Waals surface area contributed by atoms with Gasteiger partial charge in [-0.2, -0.15) is 0 Å². The molecule has 0 saturated carbocycles. The molecule has 0 atom stereocenters. The molecule has 0 amide bonds. The molecule has 6 heteroatoms. The Morgan fingerprint density at radius 3 is 1.39 bits per heavy atom. The Morgan fingerprint density at radius 2 is 1.00 bits per heavy atom. The van der Waals surface area contributed by atoms with Gasteiger partial charge in [0.2, 0.25) is 0 Å². The van der Waals surface area contributed by atoms with Crippen molar-refractivity contribution in [2.45, 2.75) is 59.3 Å². The minimum Gasteiger partial charge on any atom is -0.311 e. The Bertz CT molecular complexity index is 1890. The van der Waals surface area contributed by atoms with Crippen LogP contribution in [0, 0.1) is 12.1 Å². The Hall–Kier alpha value is -5.81. The van der Waals surface area contributed by atoms with Gasteiger partial charge in [0.1, 0.15) is 11.6 Å². The van der Waals surface area contributed by atoms with Crippen LogP contribution in [0.3, 0.4) is 0 Å². The van der Waals surface area contributed by atoms with E-state index >= 15 is 0 Å². The van der Waals surface area contributed by atoms with Gasteiger partial charge in [0.15, 0.2) is 0 Å². The molecule has 0 spiro atoms. The fourth-order valence-corrected chi connectivity index (χ4v) is 5.57. The smallest absolute Gasteiger partial charge is 0.140 e. The van der Waals surface area contributed by atoms with Crippen molar-refractivity contribution >= 4 is 28.6 Å². The number of unbranched alkanes of at least 4 members (excludes halogenated alkanes) is 2. The predicted molar refractivity (Wildman–Crippen MR) is 232 cm³/mol. The van der Waals surface area contributed by atoms with Crippen molar-refractivity contribution in [1.29, 1.82) is 0 Å². The normalized spacial score (nSPS) is 9.74. The van der Waals surface area contributed by atoms with Gasteiger partial charge in [-0.1, -0.05) is 99.5 Å². The van der Waals surface area contributed by atoms with Crippen molar-refractivity contribution in [3.8, 4) is 22.5 Å². The summed E-state index contributed by atoms with van der Waals surface area (Å²) in [7, 11) is 0. The Labute approximate surface area is 353 Å². The zero-order chi connectivity index (χ0) is 39.6. The van der Waals surface area contributed by atoms with E-state index in [4.69, 9.17) is 0 Å². The third kappa shape index (κ3) is 16.8. The van der Waals surface area contributed by atoms with E-state index in [0.717, 1.165) is 48.2 Å². The van der Waals surface area contributed by atoms with Crippen molar-refractivity contribution < 1.29 is 29.7 Å². The molecular weight excluding hydrogens is 879 g/mol. The van der Waals surface area contributed by atoms with Crippen molar-refractivity contribution in [2.75, 3.05) is 4.90 Å². The number of pyridine rings is 2. The maximum atomic E-state index is 10.9. The summed E-state index contributed by atoms with van der Waals surface area (Å²) in [5, 5.41) is 0. The first kappa shape index (κ1) is 45.6. The van der Waals surface area contributed by atoms with Crippen LogP contribution in [0.15, 0.2) is 182 Å². The van der Waals surface area contributed by atoms with E-state index < -0.39 is 0 Å². The number of rotatable bonds is 12. The third-order valence-corrected chi connectivity index (χ3v) is 8.44. The third-order valence-electron chi connectivity index (χ3n) is 8.44. The van der Waals surface area contributed by atoms with Crippen LogP contribution < -0.4 is 4.90 Å². The van der Waals surface area contributed by atoms with Crippen molar-refractivity contribution in [3.05, 3.63) is 200 Å². The number of carbonyl (C=O) groups excluding carboxylic acids is 2. The number of aromatic nitrogens is 2. The van der Waals surface area contributed by atoms with Crippen molar-refractivity contribution in [3.63, 3.8) is 0 Å². The number of para-hydroxylation sites is 2. The number of hydrogen-bond acceptors (Lipinski definition) is 5. The molecule has 5 aromatic carbocycles. The molecule has 2 aromatic heterocycles. The molecule has 0 saturated heterocycles. The zero-order valence-corrected chi connectivity index (χ0v) is 35.4. The summed E-state index contributed by atoms with van der Waals surface area (Å²) in [5.74, 6) is 0.0671. The second-order valence-corrected chi connectivity index (χ2v) is 12.9. The maximum absolute atomic E-state index is 10.9. The molecule has 0 bridgehead atoms. The minimum atomic E-state index is -0.0218. The van der Waals surface area contributed by atoms with E-state index in [1.807, 2.05) is 97.1 Å². The monoisotopic (exact) mass is 930 g/mol. The number of ketones is 2. The number of anilines is 3. The van der Waals surface area contributed by atoms with E-state index in [2.05, 4.69) is 114 Å². The van der Waals surface area contributed by atoms with Gasteiger partial charge in [0.05, 0.1) is 6.42 Å². The standard InChI is InChI=1S/C20H19N.2C11H8N.C9H16O2.Ir/c1-2-17-13-15-20(16-14-17)21(18-9-5-3-6-10-18)19-11-7-4-8-12-19;2*1-2-6-10(7-3-1)11-8-4-5-9-12-11;1-3-4-5-6-9(11)7-8(2)10;/h3-16H,2H2,1H3;2*1-6,8-9H;3-7H2,1-2H3;/q;2*-1;;. The van der Waals surface area contributed by atoms with Crippen molar-refractivity contribution in [1.82, 2.24) is 9.97 Å². The maximum Gasteiger partial charge on any atom is 0.140 e. The van der Waals surface area contributed by atoms with E-state index in [0.29, 0.717) is 6.42 Å². The Balaban J connectivity index is 0.000000212. The van der Waals surface area contributed by atoms with Gasteiger partial charge in [0.25, 0.3) is 0 Å². The summed E-state index contributed by atoms with van der Waals surface area (Å²) in [6.07, 6.45) is 8.49. The van der Waals surface area contributed by atoms with Crippen LogP contribution in [0.5, 0.6) is 0 Å². The molecule has 7 aromatic rings. The van der Waals surface area contributed by atoms with Gasteiger partial charge in [-0.05, 0) is 85.2 Å². The molecule has 7 rings (SSSR count). The number of hydrogen-bond donors (Lipinski definition) is 0. The van der Waals surface area contributed by atoms with Gasteiger partial charge in [-0.25, -0.2) is 0 Å². The summed E-state index contributed by atoms with van der Waals surface area (Å²) in [6.45, 7) is 5.73. The van der Waals surface area contributed by atoms with E-state index in [9.17, 15) is 9.59 Å². The summed E-state index contributed by atoms with van der Waals surface area (Å²) in [6, 6.07) is 63.4. The predicted octanol–water partition coefficient (Wildman–Crippen LogP) is 12.9. The molecular formula is C51H51IrN3O2-2. The van der Waals surface area contributed by atoms with E-state index in [1.165, 1.54) is 29.5 Å². The second kappa shape index (κ2) is 26.9. The Morgan fingerprint density at radius 1 is 0.544 bits per heavy atom. The number of carbonyl (C=O) groups is 2. The quantitative estimate of drug-likeness (QED) is 0.0694. The van der Waals surface area contributed by atoms with Gasteiger partial charge in [-0.3, -0.25) is 9.59 Å². The molecule has 57 heavy (non-hydrogen) atoms. The average molecular weight is 930 g/mol. The first-order valence-corrected chi connectivity index (χ1v) is 19.2. The summed E-state index contributed by atoms with van der Waals surface area (Å²) in [5.41, 5.74) is 8.91. The first-order chi connectivity index (χ1) is 27.5. The van der Waals surface area contributed by atoms with Gasteiger partial charge in [-0.15, -0.1) is 71.8 Å². The SMILES string of the molecule is CCCCCC(=O)CC(C)=O.CCc1ccc(N(c2ccccc2)c2ccccc2)cc1.[Ir].[c-]1ccccc1-c1ccccn1.[c-]1ccccc1-c1ccccn1. The van der Waals surface area contributed by atoms with Crippen LogP contribution in [0.1, 0.15) is 58.4 Å². The fraction of sp³-hybridized carbons (Fsp3) is 0.176. The van der Waals surface area contributed by atoms with E-state index in [-0.39, 0.29) is 38.1 Å². The number of Topliss-reactive ketones (excluding diaryl/α,β-unsaturated/α-hetero) is 2. The molecule has 0 N–H and O–H groups in total. The first-order valence-electron chi connectivity index (χ1n) is 19.2. The summed E-state index contributed by atoms with van der Waals surface area (Å²) >= 11 is 0. The van der Waals surface area contributed by atoms with Crippen LogP contribution in [0.4, 0.5) is 17.1 Å². The molecule has 0 unspecified atom stereocenters. The van der Waals surface area contributed by atoms with E-state index in [1.54, 1.807) is 12.4 Å². The summed E-state index contributed by atoms with van der Waals surface area (Å²) in [4.78, 5) is 32.1. The molecule has 5 nitrogen and oxygen atoms in total. The largest absolute Gasteiger partial charge is 0.311 e. The summed E-state index contributed by atoms with van der Waals surface area (Å²) < 4.78 is 0. The zero-order valence-electron chi connectivity index (χ0n) is 33.1. The van der Waals surface area contributed by atoms with Crippen LogP contribution in [-0.4, -0.2) is 21.5 Å². The Kier molecular flexibility index (Phi) is 21.5. The number of aryl methyl sites for hydroxylation is 1. The molecule has 293 valence electrons. The fourth-order valence-electron chi connectivity index (χ4n) is 5.57. The second-order valence-electron chi connectivity index (χ2n) is 12.9.